The van der Waals surface area contributed by atoms with E-state index in [1.807, 2.05) is 42.6 Å². The number of H-pyrrole nitrogens is 1. The van der Waals surface area contributed by atoms with Gasteiger partial charge in [0.25, 0.3) is 0 Å². The van der Waals surface area contributed by atoms with Crippen molar-refractivity contribution in [2.45, 2.75) is 6.54 Å². The zero-order valence-electron chi connectivity index (χ0n) is 12.8. The molecule has 0 amide bonds. The van der Waals surface area contributed by atoms with E-state index in [-0.39, 0.29) is 0 Å². The average molecular weight is 335 g/mol. The molecule has 0 aliphatic rings. The highest BCUT2D eigenvalue weighted by Gasteiger charge is 2.07. The number of nitrogens with one attached hydrogen (secondary N) is 2. The highest BCUT2D eigenvalue weighted by Crippen LogP contribution is 2.27. The second-order valence-corrected chi connectivity index (χ2v) is 5.92. The van der Waals surface area contributed by atoms with Crippen LogP contribution in [0.4, 0.5) is 5.82 Å². The summed E-state index contributed by atoms with van der Waals surface area (Å²) in [6, 6.07) is 18.0. The van der Waals surface area contributed by atoms with E-state index in [0.717, 1.165) is 34.7 Å². The summed E-state index contributed by atoms with van der Waals surface area (Å²) in [7, 11) is 0. The minimum atomic E-state index is 0.691. The van der Waals surface area contributed by atoms with Crippen molar-refractivity contribution in [2.75, 3.05) is 5.32 Å². The maximum atomic E-state index is 6.20. The molecule has 0 atom stereocenters. The first-order chi connectivity index (χ1) is 11.8. The first kappa shape index (κ1) is 14.7. The van der Waals surface area contributed by atoms with Crippen LogP contribution in [-0.2, 0) is 6.54 Å². The van der Waals surface area contributed by atoms with E-state index in [2.05, 4.69) is 32.4 Å². The lowest BCUT2D eigenvalue weighted by atomic mass is 10.2. The van der Waals surface area contributed by atoms with Crippen LogP contribution in [0.3, 0.4) is 0 Å². The van der Waals surface area contributed by atoms with Gasteiger partial charge in [-0.3, -0.25) is 0 Å². The number of halogens is 1. The molecule has 0 fully saturated rings. The number of fused-ring (bicyclic) bond motifs is 1. The van der Waals surface area contributed by atoms with Gasteiger partial charge in [-0.1, -0.05) is 41.9 Å². The van der Waals surface area contributed by atoms with Crippen molar-refractivity contribution in [2.24, 2.45) is 0 Å². The fraction of sp³-hybridized carbons (Fsp3) is 0.0526. The van der Waals surface area contributed by atoms with Gasteiger partial charge in [-0.25, -0.2) is 9.97 Å². The normalized spacial score (nSPS) is 10.9. The smallest absolute Gasteiger partial charge is 0.139 e. The average Bonchev–Trinajstić information content (AvgIpc) is 3.07. The van der Waals surface area contributed by atoms with Crippen molar-refractivity contribution >= 4 is 28.5 Å². The number of anilines is 1. The second-order valence-electron chi connectivity index (χ2n) is 5.51. The van der Waals surface area contributed by atoms with Gasteiger partial charge in [0.05, 0.1) is 5.02 Å². The molecule has 0 aliphatic heterocycles. The molecule has 5 heteroatoms. The minimum absolute atomic E-state index is 0.691. The summed E-state index contributed by atoms with van der Waals surface area (Å²) >= 11 is 6.20. The van der Waals surface area contributed by atoms with Gasteiger partial charge in [0.1, 0.15) is 11.5 Å². The number of benzene rings is 1. The molecule has 2 N–H and O–H groups in total. The molecule has 0 saturated heterocycles. The molecule has 3 heterocycles. The molecule has 3 aromatic heterocycles. The van der Waals surface area contributed by atoms with Crippen LogP contribution in [0, 0.1) is 0 Å². The first-order valence-corrected chi connectivity index (χ1v) is 8.05. The van der Waals surface area contributed by atoms with Crippen LogP contribution < -0.4 is 5.32 Å². The molecule has 1 aromatic carbocycles. The predicted molar refractivity (Wildman–Crippen MR) is 98.1 cm³/mol. The van der Waals surface area contributed by atoms with Crippen molar-refractivity contribution in [1.29, 1.82) is 0 Å². The Morgan fingerprint density at radius 1 is 1.00 bits per heavy atom. The van der Waals surface area contributed by atoms with Gasteiger partial charge >= 0.3 is 0 Å². The summed E-state index contributed by atoms with van der Waals surface area (Å²) in [6.07, 6.45) is 3.53. The number of rotatable bonds is 4. The zero-order chi connectivity index (χ0) is 16.4. The number of aromatic amines is 1. The van der Waals surface area contributed by atoms with Gasteiger partial charge in [-0.05, 0) is 29.8 Å². The third kappa shape index (κ3) is 2.96. The van der Waals surface area contributed by atoms with Gasteiger partial charge in [-0.2, -0.15) is 0 Å². The number of hydrogen-bond acceptors (Lipinski definition) is 3. The van der Waals surface area contributed by atoms with Crippen LogP contribution in [0.25, 0.3) is 22.3 Å². The first-order valence-electron chi connectivity index (χ1n) is 7.67. The topological polar surface area (TPSA) is 53.6 Å². The SMILES string of the molecule is Clc1ccnc2[nH]c(-c3ccc(NCc4ccccc4)nc3)cc12. The van der Waals surface area contributed by atoms with Crippen LogP contribution in [0.1, 0.15) is 5.56 Å². The number of hydrogen-bond donors (Lipinski definition) is 2. The van der Waals surface area contributed by atoms with Crippen molar-refractivity contribution in [3.63, 3.8) is 0 Å². The second kappa shape index (κ2) is 6.34. The molecular formula is C19H15ClN4. The third-order valence-electron chi connectivity index (χ3n) is 3.87. The Balaban J connectivity index is 1.53. The molecule has 0 aliphatic carbocycles. The van der Waals surface area contributed by atoms with E-state index in [0.29, 0.717) is 5.02 Å². The van der Waals surface area contributed by atoms with Crippen LogP contribution in [0.2, 0.25) is 5.02 Å². The van der Waals surface area contributed by atoms with Crippen molar-refractivity contribution in [3.8, 4) is 11.3 Å². The number of aromatic nitrogens is 3. The van der Waals surface area contributed by atoms with Crippen LogP contribution >= 0.6 is 11.6 Å². The largest absolute Gasteiger partial charge is 0.366 e. The van der Waals surface area contributed by atoms with Gasteiger partial charge < -0.3 is 10.3 Å². The quantitative estimate of drug-likeness (QED) is 0.558. The molecule has 0 radical (unpaired) electrons. The minimum Gasteiger partial charge on any atom is -0.366 e. The number of nitrogens with zero attached hydrogens (tertiary/aromatic N) is 2. The van der Waals surface area contributed by atoms with Gasteiger partial charge in [0, 0.05) is 35.6 Å². The highest BCUT2D eigenvalue weighted by molar-refractivity contribution is 6.35. The predicted octanol–water partition coefficient (Wildman–Crippen LogP) is 4.89. The highest BCUT2D eigenvalue weighted by atomic mass is 35.5. The van der Waals surface area contributed by atoms with E-state index in [1.165, 1.54) is 5.56 Å². The Bertz CT molecular complexity index is 962. The molecule has 0 spiro atoms. The zero-order valence-corrected chi connectivity index (χ0v) is 13.6. The number of pyridine rings is 2. The van der Waals surface area contributed by atoms with E-state index < -0.39 is 0 Å². The Labute approximate surface area is 144 Å². The summed E-state index contributed by atoms with van der Waals surface area (Å²) in [5, 5.41) is 4.93. The van der Waals surface area contributed by atoms with Gasteiger partial charge in [-0.15, -0.1) is 0 Å². The van der Waals surface area contributed by atoms with E-state index >= 15 is 0 Å². The standard InChI is InChI=1S/C19H15ClN4/c20-16-8-9-21-19-15(16)10-17(24-19)14-6-7-18(23-12-14)22-11-13-4-2-1-3-5-13/h1-10,12H,11H2,(H,21,24)(H,22,23). The lowest BCUT2D eigenvalue weighted by molar-refractivity contribution is 1.11. The molecule has 4 nitrogen and oxygen atoms in total. The summed E-state index contributed by atoms with van der Waals surface area (Å²) in [4.78, 5) is 12.0. The molecule has 0 unspecified atom stereocenters. The summed E-state index contributed by atoms with van der Waals surface area (Å²) in [5.41, 5.74) is 3.95. The lowest BCUT2D eigenvalue weighted by Crippen LogP contribution is -2.00. The van der Waals surface area contributed by atoms with Gasteiger partial charge in [0.15, 0.2) is 0 Å². The molecular weight excluding hydrogens is 320 g/mol. The Hall–Kier alpha value is -2.85. The summed E-state index contributed by atoms with van der Waals surface area (Å²) < 4.78 is 0. The summed E-state index contributed by atoms with van der Waals surface area (Å²) in [6.45, 7) is 0.749. The van der Waals surface area contributed by atoms with E-state index in [4.69, 9.17) is 11.6 Å². The Kier molecular flexibility index (Phi) is 3.89. The Morgan fingerprint density at radius 2 is 1.88 bits per heavy atom. The fourth-order valence-electron chi connectivity index (χ4n) is 2.60. The van der Waals surface area contributed by atoms with E-state index in [9.17, 15) is 0 Å². The maximum Gasteiger partial charge on any atom is 0.139 e. The molecule has 0 saturated carbocycles. The molecule has 4 rings (SSSR count). The van der Waals surface area contributed by atoms with Gasteiger partial charge in [0.2, 0.25) is 0 Å². The van der Waals surface area contributed by atoms with Crippen LogP contribution in [0.15, 0.2) is 67.0 Å². The third-order valence-corrected chi connectivity index (χ3v) is 4.20. The molecule has 0 bridgehead atoms. The maximum absolute atomic E-state index is 6.20. The lowest BCUT2D eigenvalue weighted by Gasteiger charge is -2.06. The Morgan fingerprint density at radius 3 is 2.62 bits per heavy atom. The van der Waals surface area contributed by atoms with Crippen molar-refractivity contribution in [1.82, 2.24) is 15.0 Å². The van der Waals surface area contributed by atoms with Crippen molar-refractivity contribution < 1.29 is 0 Å². The van der Waals surface area contributed by atoms with Crippen LogP contribution in [0.5, 0.6) is 0 Å². The fourth-order valence-corrected chi connectivity index (χ4v) is 2.80. The van der Waals surface area contributed by atoms with Crippen LogP contribution in [-0.4, -0.2) is 15.0 Å². The molecule has 24 heavy (non-hydrogen) atoms. The summed E-state index contributed by atoms with van der Waals surface area (Å²) in [5.74, 6) is 0.842. The van der Waals surface area contributed by atoms with Crippen molar-refractivity contribution in [3.05, 3.63) is 77.6 Å². The monoisotopic (exact) mass is 334 g/mol. The van der Waals surface area contributed by atoms with E-state index in [1.54, 1.807) is 12.3 Å². The molecule has 4 aromatic rings. The molecule has 118 valence electrons.